The minimum absolute atomic E-state index is 0.146. The summed E-state index contributed by atoms with van der Waals surface area (Å²) in [5.74, 6) is 0.665. The van der Waals surface area contributed by atoms with E-state index in [1.807, 2.05) is 79.7 Å². The molecule has 3 aromatic carbocycles. The summed E-state index contributed by atoms with van der Waals surface area (Å²) in [7, 11) is 0. The molecule has 1 N–H and O–H groups in total. The van der Waals surface area contributed by atoms with Crippen LogP contribution in [-0.2, 0) is 10.3 Å². The summed E-state index contributed by atoms with van der Waals surface area (Å²) in [6, 6.07) is 28.2. The van der Waals surface area contributed by atoms with Gasteiger partial charge in [0.25, 0.3) is 0 Å². The smallest absolute Gasteiger partial charge is 0.123 e. The monoisotopic (exact) mass is 417 g/mol. The highest BCUT2D eigenvalue weighted by Gasteiger charge is 2.42. The van der Waals surface area contributed by atoms with Crippen LogP contribution >= 0.6 is 0 Å². The number of rotatable bonds is 8. The van der Waals surface area contributed by atoms with Gasteiger partial charge in [-0.05, 0) is 35.7 Å². The van der Waals surface area contributed by atoms with E-state index in [2.05, 4.69) is 17.0 Å². The summed E-state index contributed by atoms with van der Waals surface area (Å²) < 4.78 is 11.2. The Morgan fingerprint density at radius 3 is 2.06 bits per heavy atom. The fourth-order valence-electron chi connectivity index (χ4n) is 4.44. The van der Waals surface area contributed by atoms with Crippen LogP contribution in [0, 0.1) is 0 Å². The molecule has 0 bridgehead atoms. The highest BCUT2D eigenvalue weighted by Crippen LogP contribution is 2.43. The van der Waals surface area contributed by atoms with Crippen LogP contribution < -0.4 is 4.74 Å². The molecule has 1 aliphatic heterocycles. The van der Waals surface area contributed by atoms with E-state index in [0.717, 1.165) is 55.3 Å². The highest BCUT2D eigenvalue weighted by atomic mass is 16.5. The Bertz CT molecular complexity index is 924. The third kappa shape index (κ3) is 4.82. The van der Waals surface area contributed by atoms with Crippen LogP contribution in [0.4, 0.5) is 0 Å². The molecule has 0 spiro atoms. The Kier molecular flexibility index (Phi) is 7.03. The molecule has 0 aromatic heterocycles. The summed E-state index contributed by atoms with van der Waals surface area (Å²) in [6.07, 6.45) is 0. The van der Waals surface area contributed by atoms with Crippen LogP contribution in [0.1, 0.15) is 29.5 Å². The SMILES string of the molecule is CCOc1ccc(C(O)(c2ccccc2)C(CN2CCOCC2)c2ccccc2)cc1. The van der Waals surface area contributed by atoms with Gasteiger partial charge in [0.05, 0.1) is 19.8 Å². The number of benzene rings is 3. The Hall–Kier alpha value is -2.66. The molecule has 1 saturated heterocycles. The van der Waals surface area contributed by atoms with Gasteiger partial charge in [0, 0.05) is 25.6 Å². The molecule has 1 heterocycles. The summed E-state index contributed by atoms with van der Waals surface area (Å²) in [6.45, 7) is 6.54. The molecule has 4 heteroatoms. The first-order valence-electron chi connectivity index (χ1n) is 11.1. The van der Waals surface area contributed by atoms with E-state index in [-0.39, 0.29) is 5.92 Å². The Labute approximate surface area is 185 Å². The fraction of sp³-hybridized carbons (Fsp3) is 0.333. The van der Waals surface area contributed by atoms with Gasteiger partial charge in [0.15, 0.2) is 0 Å². The predicted octanol–water partition coefficient (Wildman–Crippen LogP) is 4.44. The van der Waals surface area contributed by atoms with Crippen molar-refractivity contribution < 1.29 is 14.6 Å². The van der Waals surface area contributed by atoms with Crippen LogP contribution in [-0.4, -0.2) is 49.5 Å². The maximum absolute atomic E-state index is 12.5. The maximum Gasteiger partial charge on any atom is 0.123 e. The molecule has 4 rings (SSSR count). The summed E-state index contributed by atoms with van der Waals surface area (Å²) in [5, 5.41) is 12.5. The second kappa shape index (κ2) is 10.1. The van der Waals surface area contributed by atoms with Crippen molar-refractivity contribution in [2.45, 2.75) is 18.4 Å². The van der Waals surface area contributed by atoms with Crippen molar-refractivity contribution in [1.82, 2.24) is 4.90 Å². The van der Waals surface area contributed by atoms with E-state index in [1.54, 1.807) is 0 Å². The first-order chi connectivity index (χ1) is 15.2. The van der Waals surface area contributed by atoms with Gasteiger partial charge in [-0.2, -0.15) is 0 Å². The quantitative estimate of drug-likeness (QED) is 0.589. The molecule has 0 amide bonds. The minimum atomic E-state index is -1.19. The topological polar surface area (TPSA) is 41.9 Å². The third-order valence-electron chi connectivity index (χ3n) is 6.07. The van der Waals surface area contributed by atoms with E-state index in [1.165, 1.54) is 0 Å². The van der Waals surface area contributed by atoms with Gasteiger partial charge >= 0.3 is 0 Å². The minimum Gasteiger partial charge on any atom is -0.494 e. The average molecular weight is 418 g/mol. The Balaban J connectivity index is 1.81. The normalized spacial score (nSPS) is 17.6. The third-order valence-corrected chi connectivity index (χ3v) is 6.07. The number of morpholine rings is 1. The second-order valence-electron chi connectivity index (χ2n) is 7.97. The largest absolute Gasteiger partial charge is 0.494 e. The number of aliphatic hydroxyl groups is 1. The zero-order chi connectivity index (χ0) is 21.5. The summed E-state index contributed by atoms with van der Waals surface area (Å²) in [4.78, 5) is 2.39. The lowest BCUT2D eigenvalue weighted by atomic mass is 9.72. The van der Waals surface area contributed by atoms with Crippen LogP contribution in [0.3, 0.4) is 0 Å². The standard InChI is InChI=1S/C27H31NO3/c1-2-31-25-15-13-24(14-16-25)27(29,23-11-7-4-8-12-23)26(22-9-5-3-6-10-22)21-28-17-19-30-20-18-28/h3-16,26,29H,2,17-21H2,1H3. The zero-order valence-electron chi connectivity index (χ0n) is 18.1. The molecule has 0 radical (unpaired) electrons. The first kappa shape index (κ1) is 21.6. The lowest BCUT2D eigenvalue weighted by molar-refractivity contribution is 0.000750. The molecular weight excluding hydrogens is 386 g/mol. The molecule has 0 aliphatic carbocycles. The highest BCUT2D eigenvalue weighted by molar-refractivity contribution is 5.43. The van der Waals surface area contributed by atoms with Crippen molar-refractivity contribution in [1.29, 1.82) is 0 Å². The molecule has 3 aromatic rings. The molecule has 1 aliphatic rings. The lowest BCUT2D eigenvalue weighted by Crippen LogP contribution is -2.45. The number of hydrogen-bond acceptors (Lipinski definition) is 4. The van der Waals surface area contributed by atoms with E-state index >= 15 is 0 Å². The van der Waals surface area contributed by atoms with Gasteiger partial charge in [-0.3, -0.25) is 4.90 Å². The molecular formula is C27H31NO3. The van der Waals surface area contributed by atoms with E-state index in [4.69, 9.17) is 9.47 Å². The molecule has 4 nitrogen and oxygen atoms in total. The van der Waals surface area contributed by atoms with Crippen molar-refractivity contribution in [2.75, 3.05) is 39.5 Å². The maximum atomic E-state index is 12.5. The zero-order valence-corrected chi connectivity index (χ0v) is 18.1. The van der Waals surface area contributed by atoms with Crippen molar-refractivity contribution in [3.05, 3.63) is 102 Å². The van der Waals surface area contributed by atoms with Crippen LogP contribution in [0.25, 0.3) is 0 Å². The molecule has 1 fully saturated rings. The van der Waals surface area contributed by atoms with Crippen LogP contribution in [0.5, 0.6) is 5.75 Å². The fourth-order valence-corrected chi connectivity index (χ4v) is 4.44. The molecule has 31 heavy (non-hydrogen) atoms. The van der Waals surface area contributed by atoms with Crippen LogP contribution in [0.15, 0.2) is 84.9 Å². The van der Waals surface area contributed by atoms with E-state index in [9.17, 15) is 5.11 Å². The molecule has 162 valence electrons. The van der Waals surface area contributed by atoms with Crippen molar-refractivity contribution in [3.8, 4) is 5.75 Å². The Morgan fingerprint density at radius 1 is 0.871 bits per heavy atom. The van der Waals surface area contributed by atoms with E-state index < -0.39 is 5.60 Å². The van der Waals surface area contributed by atoms with Gasteiger partial charge in [-0.15, -0.1) is 0 Å². The van der Waals surface area contributed by atoms with E-state index in [0.29, 0.717) is 6.61 Å². The second-order valence-corrected chi connectivity index (χ2v) is 7.97. The van der Waals surface area contributed by atoms with Gasteiger partial charge in [-0.1, -0.05) is 72.8 Å². The molecule has 2 unspecified atom stereocenters. The molecule has 0 saturated carbocycles. The lowest BCUT2D eigenvalue weighted by Gasteiger charge is -2.41. The van der Waals surface area contributed by atoms with Gasteiger partial charge in [-0.25, -0.2) is 0 Å². The summed E-state index contributed by atoms with van der Waals surface area (Å²) >= 11 is 0. The van der Waals surface area contributed by atoms with Gasteiger partial charge in [0.2, 0.25) is 0 Å². The van der Waals surface area contributed by atoms with Gasteiger partial charge < -0.3 is 14.6 Å². The predicted molar refractivity (Wildman–Crippen MR) is 123 cm³/mol. The first-order valence-corrected chi connectivity index (χ1v) is 11.1. The molecule has 2 atom stereocenters. The summed E-state index contributed by atoms with van der Waals surface area (Å²) in [5.41, 5.74) is 1.69. The number of hydrogen-bond donors (Lipinski definition) is 1. The Morgan fingerprint density at radius 2 is 1.45 bits per heavy atom. The number of nitrogens with zero attached hydrogens (tertiary/aromatic N) is 1. The number of ether oxygens (including phenoxy) is 2. The van der Waals surface area contributed by atoms with Crippen molar-refractivity contribution in [2.24, 2.45) is 0 Å². The average Bonchev–Trinajstić information content (AvgIpc) is 2.84. The van der Waals surface area contributed by atoms with Gasteiger partial charge in [0.1, 0.15) is 11.4 Å². The van der Waals surface area contributed by atoms with Crippen LogP contribution in [0.2, 0.25) is 0 Å². The van der Waals surface area contributed by atoms with Crippen molar-refractivity contribution >= 4 is 0 Å². The van der Waals surface area contributed by atoms with Crippen molar-refractivity contribution in [3.63, 3.8) is 0 Å².